The second kappa shape index (κ2) is 6.44. The molecule has 2 saturated heterocycles. The van der Waals surface area contributed by atoms with Gasteiger partial charge in [0.25, 0.3) is 0 Å². The van der Waals surface area contributed by atoms with Crippen LogP contribution >= 0.6 is 0 Å². The number of aromatic nitrogens is 3. The van der Waals surface area contributed by atoms with Crippen LogP contribution in [0.4, 0.5) is 0 Å². The predicted octanol–water partition coefficient (Wildman–Crippen LogP) is 1.60. The molecule has 2 aliphatic heterocycles. The summed E-state index contributed by atoms with van der Waals surface area (Å²) in [4.78, 5) is 2.62. The lowest BCUT2D eigenvalue weighted by atomic mass is 9.83. The summed E-state index contributed by atoms with van der Waals surface area (Å²) in [7, 11) is 4.26. The predicted molar refractivity (Wildman–Crippen MR) is 84.1 cm³/mol. The second-order valence-corrected chi connectivity index (χ2v) is 6.93. The molecule has 118 valence electrons. The molecule has 5 heteroatoms. The number of fused-ring (bicyclic) bond motifs is 2. The minimum Gasteiger partial charge on any atom is -0.313 e. The van der Waals surface area contributed by atoms with Gasteiger partial charge in [-0.1, -0.05) is 12.1 Å². The van der Waals surface area contributed by atoms with Crippen molar-refractivity contribution in [3.05, 3.63) is 11.9 Å². The molecule has 2 fully saturated rings. The van der Waals surface area contributed by atoms with E-state index < -0.39 is 0 Å². The van der Waals surface area contributed by atoms with Gasteiger partial charge in [-0.3, -0.25) is 4.68 Å². The zero-order valence-corrected chi connectivity index (χ0v) is 13.6. The molecule has 2 bridgehead atoms. The number of hydrogen-bond acceptors (Lipinski definition) is 4. The quantitative estimate of drug-likeness (QED) is 0.865. The van der Waals surface area contributed by atoms with Gasteiger partial charge in [-0.15, -0.1) is 5.10 Å². The van der Waals surface area contributed by atoms with Gasteiger partial charge >= 0.3 is 0 Å². The van der Waals surface area contributed by atoms with Crippen molar-refractivity contribution in [2.75, 3.05) is 13.6 Å². The van der Waals surface area contributed by atoms with Gasteiger partial charge in [0.15, 0.2) is 0 Å². The summed E-state index contributed by atoms with van der Waals surface area (Å²) in [6, 6.07) is 2.17. The second-order valence-electron chi connectivity index (χ2n) is 6.93. The SMILES string of the molecule is CCCNC(Cc1cn(C)nn1)C1CC2CCC(C1)N2C. The van der Waals surface area contributed by atoms with Gasteiger partial charge in [-0.25, -0.2) is 0 Å². The van der Waals surface area contributed by atoms with Crippen LogP contribution in [0.2, 0.25) is 0 Å². The van der Waals surface area contributed by atoms with Crippen molar-refractivity contribution in [1.82, 2.24) is 25.2 Å². The molecule has 1 aromatic rings. The third-order valence-corrected chi connectivity index (χ3v) is 5.44. The van der Waals surface area contributed by atoms with Gasteiger partial charge in [-0.2, -0.15) is 0 Å². The Balaban J connectivity index is 1.67. The van der Waals surface area contributed by atoms with Crippen molar-refractivity contribution in [3.63, 3.8) is 0 Å². The van der Waals surface area contributed by atoms with E-state index >= 15 is 0 Å². The highest BCUT2D eigenvalue weighted by molar-refractivity contribution is 5.02. The molecule has 21 heavy (non-hydrogen) atoms. The first-order valence-corrected chi connectivity index (χ1v) is 8.48. The van der Waals surface area contributed by atoms with Crippen molar-refractivity contribution in [1.29, 1.82) is 0 Å². The van der Waals surface area contributed by atoms with Crippen LogP contribution in [-0.4, -0.2) is 51.6 Å². The zero-order valence-electron chi connectivity index (χ0n) is 13.6. The summed E-state index contributed by atoms with van der Waals surface area (Å²) >= 11 is 0. The van der Waals surface area contributed by atoms with E-state index in [-0.39, 0.29) is 0 Å². The van der Waals surface area contributed by atoms with Crippen LogP contribution in [0.25, 0.3) is 0 Å². The summed E-state index contributed by atoms with van der Waals surface area (Å²) in [5, 5.41) is 12.2. The number of nitrogens with one attached hydrogen (secondary N) is 1. The maximum atomic E-state index is 4.29. The molecule has 3 atom stereocenters. The largest absolute Gasteiger partial charge is 0.313 e. The average molecular weight is 291 g/mol. The minimum atomic E-state index is 0.554. The van der Waals surface area contributed by atoms with Crippen molar-refractivity contribution >= 4 is 0 Å². The highest BCUT2D eigenvalue weighted by Gasteiger charge is 2.40. The van der Waals surface area contributed by atoms with Crippen LogP contribution in [0.15, 0.2) is 6.20 Å². The molecule has 0 radical (unpaired) electrons. The molecule has 3 unspecified atom stereocenters. The van der Waals surface area contributed by atoms with E-state index in [1.165, 1.54) is 32.1 Å². The van der Waals surface area contributed by atoms with Crippen molar-refractivity contribution in [3.8, 4) is 0 Å². The number of hydrogen-bond donors (Lipinski definition) is 1. The third kappa shape index (κ3) is 3.29. The fraction of sp³-hybridized carbons (Fsp3) is 0.875. The maximum absolute atomic E-state index is 4.29. The van der Waals surface area contributed by atoms with Gasteiger partial charge in [0.2, 0.25) is 0 Å². The molecule has 5 nitrogen and oxygen atoms in total. The lowest BCUT2D eigenvalue weighted by molar-refractivity contribution is 0.112. The van der Waals surface area contributed by atoms with Gasteiger partial charge in [-0.05, 0) is 51.6 Å². The van der Waals surface area contributed by atoms with Gasteiger partial charge < -0.3 is 10.2 Å². The smallest absolute Gasteiger partial charge is 0.0842 e. The molecule has 0 saturated carbocycles. The lowest BCUT2D eigenvalue weighted by Gasteiger charge is -2.40. The summed E-state index contributed by atoms with van der Waals surface area (Å²) in [5.74, 6) is 0.784. The summed E-state index contributed by atoms with van der Waals surface area (Å²) in [6.45, 7) is 3.34. The Kier molecular flexibility index (Phi) is 4.60. The van der Waals surface area contributed by atoms with E-state index in [2.05, 4.69) is 40.7 Å². The summed E-state index contributed by atoms with van der Waals surface area (Å²) in [6.07, 6.45) is 9.73. The minimum absolute atomic E-state index is 0.554. The van der Waals surface area contributed by atoms with Crippen LogP contribution in [-0.2, 0) is 13.5 Å². The molecule has 2 aliphatic rings. The molecule has 3 heterocycles. The molecular weight excluding hydrogens is 262 g/mol. The summed E-state index contributed by atoms with van der Waals surface area (Å²) in [5.41, 5.74) is 1.12. The lowest BCUT2D eigenvalue weighted by Crippen LogP contribution is -2.48. The Morgan fingerprint density at radius 3 is 2.57 bits per heavy atom. The van der Waals surface area contributed by atoms with Gasteiger partial charge in [0.1, 0.15) is 0 Å². The van der Waals surface area contributed by atoms with Gasteiger partial charge in [0, 0.05) is 37.8 Å². The monoisotopic (exact) mass is 291 g/mol. The third-order valence-electron chi connectivity index (χ3n) is 5.44. The van der Waals surface area contributed by atoms with Crippen molar-refractivity contribution in [2.45, 2.75) is 63.6 Å². The Morgan fingerprint density at radius 2 is 2.00 bits per heavy atom. The highest BCUT2D eigenvalue weighted by Crippen LogP contribution is 2.39. The first-order valence-electron chi connectivity index (χ1n) is 8.48. The maximum Gasteiger partial charge on any atom is 0.0842 e. The first kappa shape index (κ1) is 15.0. The highest BCUT2D eigenvalue weighted by atomic mass is 15.4. The molecule has 0 aliphatic carbocycles. The number of nitrogens with zero attached hydrogens (tertiary/aromatic N) is 4. The van der Waals surface area contributed by atoms with Crippen LogP contribution in [0.5, 0.6) is 0 Å². The number of piperidine rings is 1. The molecule has 0 spiro atoms. The normalized spacial score (nSPS) is 30.7. The first-order chi connectivity index (χ1) is 10.2. The molecule has 0 aromatic carbocycles. The Hall–Kier alpha value is -0.940. The molecule has 1 aromatic heterocycles. The Bertz CT molecular complexity index is 443. The van der Waals surface area contributed by atoms with E-state index in [0.717, 1.165) is 36.7 Å². The van der Waals surface area contributed by atoms with Gasteiger partial charge in [0.05, 0.1) is 5.69 Å². The Morgan fingerprint density at radius 1 is 1.29 bits per heavy atom. The average Bonchev–Trinajstić information content (AvgIpc) is 2.94. The Labute approximate surface area is 128 Å². The van der Waals surface area contributed by atoms with Crippen LogP contribution in [0, 0.1) is 5.92 Å². The van der Waals surface area contributed by atoms with E-state index in [0.29, 0.717) is 6.04 Å². The van der Waals surface area contributed by atoms with E-state index in [9.17, 15) is 0 Å². The molecule has 3 rings (SSSR count). The van der Waals surface area contributed by atoms with E-state index in [4.69, 9.17) is 0 Å². The fourth-order valence-corrected chi connectivity index (χ4v) is 4.23. The van der Waals surface area contributed by atoms with Crippen LogP contribution in [0.1, 0.15) is 44.7 Å². The van der Waals surface area contributed by atoms with Crippen LogP contribution < -0.4 is 5.32 Å². The standard InChI is InChI=1S/C16H29N5/c1-4-7-17-16(10-13-11-20(2)19-18-13)12-8-14-5-6-15(9-12)21(14)3/h11-12,14-17H,4-10H2,1-3H3. The molecular formula is C16H29N5. The molecule has 1 N–H and O–H groups in total. The topological polar surface area (TPSA) is 46.0 Å². The zero-order chi connectivity index (χ0) is 14.8. The van der Waals surface area contributed by atoms with Crippen molar-refractivity contribution < 1.29 is 0 Å². The summed E-state index contributed by atoms with van der Waals surface area (Å²) < 4.78 is 1.81. The van der Waals surface area contributed by atoms with E-state index in [1.807, 2.05) is 11.7 Å². The van der Waals surface area contributed by atoms with E-state index in [1.54, 1.807) is 0 Å². The van der Waals surface area contributed by atoms with Crippen molar-refractivity contribution in [2.24, 2.45) is 13.0 Å². The fourth-order valence-electron chi connectivity index (χ4n) is 4.23. The number of aryl methyl sites for hydroxylation is 1. The number of rotatable bonds is 6. The molecule has 0 amide bonds. The van der Waals surface area contributed by atoms with Crippen LogP contribution in [0.3, 0.4) is 0 Å².